The van der Waals surface area contributed by atoms with Crippen molar-refractivity contribution in [3.8, 4) is 5.75 Å². The third-order valence-corrected chi connectivity index (χ3v) is 2.45. The molecule has 0 aliphatic heterocycles. The predicted octanol–water partition coefficient (Wildman–Crippen LogP) is 0.769. The van der Waals surface area contributed by atoms with Crippen LogP contribution in [0.15, 0.2) is 24.3 Å². The number of phenolic OH excluding ortho intramolecular Hbond substituents is 1. The van der Waals surface area contributed by atoms with Gasteiger partial charge in [0.2, 0.25) is 0 Å². The topological polar surface area (TPSA) is 119 Å². The summed E-state index contributed by atoms with van der Waals surface area (Å²) in [5.41, 5.74) is 5.03. The number of primary amides is 1. The lowest BCUT2D eigenvalue weighted by Gasteiger charge is -2.19. The predicted molar refractivity (Wildman–Crippen MR) is 69.9 cm³/mol. The number of carbonyl (C=O) groups excluding carboxylic acids is 3. The van der Waals surface area contributed by atoms with Gasteiger partial charge in [0.15, 0.2) is 6.10 Å². The number of imide groups is 1. The Balaban J connectivity index is 2.80. The average molecular weight is 280 g/mol. The Morgan fingerprint density at radius 3 is 2.20 bits per heavy atom. The third kappa shape index (κ3) is 4.27. The van der Waals surface area contributed by atoms with Gasteiger partial charge in [0, 0.05) is 0 Å². The Hall–Kier alpha value is -2.57. The first-order chi connectivity index (χ1) is 9.31. The lowest BCUT2D eigenvalue weighted by molar-refractivity contribution is -0.130. The summed E-state index contributed by atoms with van der Waals surface area (Å²) in [7, 11) is 0. The molecule has 1 aromatic carbocycles. The molecule has 0 saturated carbocycles. The van der Waals surface area contributed by atoms with Gasteiger partial charge in [0.05, 0.1) is 5.56 Å². The summed E-state index contributed by atoms with van der Waals surface area (Å²) in [5.74, 6) is -1.84. The van der Waals surface area contributed by atoms with Gasteiger partial charge in [0.25, 0.3) is 5.91 Å². The number of nitrogens with one attached hydrogen (secondary N) is 1. The number of rotatable bonds is 4. The number of ether oxygens (including phenoxy) is 1. The van der Waals surface area contributed by atoms with E-state index in [2.05, 4.69) is 0 Å². The van der Waals surface area contributed by atoms with E-state index < -0.39 is 24.0 Å². The molecule has 7 nitrogen and oxygen atoms in total. The fraction of sp³-hybridized carbons (Fsp3) is 0.308. The number of benzene rings is 1. The van der Waals surface area contributed by atoms with E-state index in [1.54, 1.807) is 13.8 Å². The molecule has 7 heteroatoms. The molecule has 0 spiro atoms. The number of aromatic hydroxyl groups is 1. The van der Waals surface area contributed by atoms with E-state index in [4.69, 9.17) is 15.6 Å². The smallest absolute Gasteiger partial charge is 0.338 e. The second-order valence-corrected chi connectivity index (χ2v) is 4.47. The number of urea groups is 1. The van der Waals surface area contributed by atoms with Gasteiger partial charge in [-0.15, -0.1) is 0 Å². The zero-order valence-electron chi connectivity index (χ0n) is 11.1. The van der Waals surface area contributed by atoms with Crippen LogP contribution in [0.5, 0.6) is 5.75 Å². The third-order valence-electron chi connectivity index (χ3n) is 2.45. The summed E-state index contributed by atoms with van der Waals surface area (Å²) in [6.45, 7) is 3.32. The van der Waals surface area contributed by atoms with Crippen molar-refractivity contribution < 1.29 is 24.2 Å². The van der Waals surface area contributed by atoms with Crippen LogP contribution < -0.4 is 11.1 Å². The van der Waals surface area contributed by atoms with Gasteiger partial charge >= 0.3 is 12.0 Å². The molecular formula is C13H16N2O5. The summed E-state index contributed by atoms with van der Waals surface area (Å²) in [4.78, 5) is 34.2. The second-order valence-electron chi connectivity index (χ2n) is 4.47. The van der Waals surface area contributed by atoms with Crippen LogP contribution in [0.2, 0.25) is 0 Å². The SMILES string of the molecule is CC(C)[C@H](OC(=O)c1ccc(O)cc1)C(=O)NC(N)=O. The van der Waals surface area contributed by atoms with Crippen molar-refractivity contribution >= 4 is 17.9 Å². The number of esters is 1. The largest absolute Gasteiger partial charge is 0.508 e. The highest BCUT2D eigenvalue weighted by Crippen LogP contribution is 2.14. The first-order valence-electron chi connectivity index (χ1n) is 5.91. The van der Waals surface area contributed by atoms with Crippen molar-refractivity contribution in [3.63, 3.8) is 0 Å². The molecule has 0 aliphatic rings. The minimum Gasteiger partial charge on any atom is -0.508 e. The number of phenols is 1. The minimum atomic E-state index is -1.14. The summed E-state index contributed by atoms with van der Waals surface area (Å²) in [6.07, 6.45) is -1.14. The molecule has 0 radical (unpaired) electrons. The molecule has 20 heavy (non-hydrogen) atoms. The van der Waals surface area contributed by atoms with E-state index in [9.17, 15) is 14.4 Å². The molecule has 3 amide bonds. The molecule has 4 N–H and O–H groups in total. The molecule has 0 bridgehead atoms. The lowest BCUT2D eigenvalue weighted by Crippen LogP contribution is -2.45. The van der Waals surface area contributed by atoms with Crippen molar-refractivity contribution in [1.82, 2.24) is 5.32 Å². The fourth-order valence-electron chi connectivity index (χ4n) is 1.47. The van der Waals surface area contributed by atoms with E-state index in [0.29, 0.717) is 0 Å². The van der Waals surface area contributed by atoms with Crippen molar-refractivity contribution in [3.05, 3.63) is 29.8 Å². The van der Waals surface area contributed by atoms with Gasteiger partial charge in [-0.25, -0.2) is 9.59 Å². The molecule has 0 heterocycles. The van der Waals surface area contributed by atoms with Gasteiger partial charge in [-0.05, 0) is 30.2 Å². The maximum Gasteiger partial charge on any atom is 0.338 e. The van der Waals surface area contributed by atoms with Crippen LogP contribution in [-0.4, -0.2) is 29.1 Å². The highest BCUT2D eigenvalue weighted by Gasteiger charge is 2.27. The Kier molecular flexibility index (Phi) is 5.08. The summed E-state index contributed by atoms with van der Waals surface area (Å²) in [5, 5.41) is 11.0. The average Bonchev–Trinajstić information content (AvgIpc) is 2.35. The summed E-state index contributed by atoms with van der Waals surface area (Å²) in [6, 6.07) is 4.36. The normalized spacial score (nSPS) is 11.8. The Morgan fingerprint density at radius 2 is 1.75 bits per heavy atom. The number of hydrogen-bond acceptors (Lipinski definition) is 5. The molecule has 1 rings (SSSR count). The van der Waals surface area contributed by atoms with E-state index in [1.807, 2.05) is 5.32 Å². The first kappa shape index (κ1) is 15.5. The van der Waals surface area contributed by atoms with Crippen molar-refractivity contribution in [2.24, 2.45) is 11.7 Å². The molecule has 108 valence electrons. The molecule has 0 aliphatic carbocycles. The number of amides is 3. The fourth-order valence-corrected chi connectivity index (χ4v) is 1.47. The van der Waals surface area contributed by atoms with Crippen LogP contribution in [0, 0.1) is 5.92 Å². The summed E-state index contributed by atoms with van der Waals surface area (Å²) < 4.78 is 5.06. The number of nitrogens with two attached hydrogens (primary N) is 1. The van der Waals surface area contributed by atoms with Crippen molar-refractivity contribution in [2.45, 2.75) is 20.0 Å². The molecule has 0 unspecified atom stereocenters. The maximum atomic E-state index is 11.9. The second kappa shape index (κ2) is 6.55. The van der Waals surface area contributed by atoms with Gasteiger partial charge in [0.1, 0.15) is 5.75 Å². The maximum absolute atomic E-state index is 11.9. The highest BCUT2D eigenvalue weighted by molar-refractivity contribution is 5.98. The zero-order valence-corrected chi connectivity index (χ0v) is 11.1. The van der Waals surface area contributed by atoms with Crippen molar-refractivity contribution in [1.29, 1.82) is 0 Å². The van der Waals surface area contributed by atoms with Crippen LogP contribution in [0.25, 0.3) is 0 Å². The quantitative estimate of drug-likeness (QED) is 0.704. The monoisotopic (exact) mass is 280 g/mol. The lowest BCUT2D eigenvalue weighted by atomic mass is 10.1. The molecule has 0 saturated heterocycles. The zero-order chi connectivity index (χ0) is 15.3. The van der Waals surface area contributed by atoms with Crippen molar-refractivity contribution in [2.75, 3.05) is 0 Å². The van der Waals surface area contributed by atoms with Crippen LogP contribution in [0.3, 0.4) is 0 Å². The summed E-state index contributed by atoms with van der Waals surface area (Å²) >= 11 is 0. The molecule has 1 atom stereocenters. The molecular weight excluding hydrogens is 264 g/mol. The molecule has 1 aromatic rings. The van der Waals surface area contributed by atoms with Crippen LogP contribution in [0.1, 0.15) is 24.2 Å². The molecule has 0 fully saturated rings. The van der Waals surface area contributed by atoms with Crippen LogP contribution in [-0.2, 0) is 9.53 Å². The van der Waals surface area contributed by atoms with E-state index >= 15 is 0 Å². The first-order valence-corrected chi connectivity index (χ1v) is 5.91. The van der Waals surface area contributed by atoms with E-state index in [-0.39, 0.29) is 17.2 Å². The van der Waals surface area contributed by atoms with Crippen LogP contribution >= 0.6 is 0 Å². The minimum absolute atomic E-state index is 0.00781. The van der Waals surface area contributed by atoms with E-state index in [0.717, 1.165) is 0 Å². The standard InChI is InChI=1S/C13H16N2O5/c1-7(2)10(11(17)15-13(14)19)20-12(18)8-3-5-9(16)6-4-8/h3-7,10,16H,1-2H3,(H3,14,15,17,19)/t10-/m0/s1. The molecule has 0 aromatic heterocycles. The number of hydrogen-bond donors (Lipinski definition) is 3. The van der Waals surface area contributed by atoms with E-state index in [1.165, 1.54) is 24.3 Å². The van der Waals surface area contributed by atoms with Gasteiger partial charge in [-0.2, -0.15) is 0 Å². The number of carbonyl (C=O) groups is 3. The Bertz CT molecular complexity index is 510. The van der Waals surface area contributed by atoms with Gasteiger partial charge < -0.3 is 15.6 Å². The van der Waals surface area contributed by atoms with Gasteiger partial charge in [-0.1, -0.05) is 13.8 Å². The Morgan fingerprint density at radius 1 is 1.20 bits per heavy atom. The highest BCUT2D eigenvalue weighted by atomic mass is 16.5. The van der Waals surface area contributed by atoms with Gasteiger partial charge in [-0.3, -0.25) is 10.1 Å². The Labute approximate surface area is 115 Å². The van der Waals surface area contributed by atoms with Crippen LogP contribution in [0.4, 0.5) is 4.79 Å².